The van der Waals surface area contributed by atoms with Crippen LogP contribution < -0.4 is 10.2 Å². The zero-order chi connectivity index (χ0) is 18.8. The van der Waals surface area contributed by atoms with Gasteiger partial charge in [-0.25, -0.2) is 4.79 Å². The second kappa shape index (κ2) is 8.26. The van der Waals surface area contributed by atoms with Gasteiger partial charge in [0.05, 0.1) is 5.69 Å². The lowest BCUT2D eigenvalue weighted by molar-refractivity contribution is 0.208. The summed E-state index contributed by atoms with van der Waals surface area (Å²) < 4.78 is 0. The molecule has 2 aromatic rings. The number of aromatic hydroxyl groups is 3. The number of carbonyl (C=O) groups excluding carboxylic acids is 1. The summed E-state index contributed by atoms with van der Waals surface area (Å²) in [6.45, 7) is 6.77. The van der Waals surface area contributed by atoms with Crippen LogP contribution >= 0.6 is 12.4 Å². The average Bonchev–Trinajstić information content (AvgIpc) is 2.62. The second-order valence-electron chi connectivity index (χ2n) is 6.49. The minimum atomic E-state index is -0.606. The van der Waals surface area contributed by atoms with Crippen LogP contribution in [0.1, 0.15) is 11.1 Å². The molecule has 0 spiro atoms. The van der Waals surface area contributed by atoms with Crippen LogP contribution in [0.5, 0.6) is 17.2 Å². The molecular weight excluding hydrogens is 370 g/mol. The van der Waals surface area contributed by atoms with Gasteiger partial charge in [0.15, 0.2) is 17.2 Å². The van der Waals surface area contributed by atoms with Crippen molar-refractivity contribution in [2.24, 2.45) is 0 Å². The number of carbonyl (C=O) groups is 1. The summed E-state index contributed by atoms with van der Waals surface area (Å²) in [5.74, 6) is -1.58. The number of halogens is 1. The molecular formula is C19H24ClN3O4. The number of nitrogens with one attached hydrogen (secondary N) is 1. The quantitative estimate of drug-likeness (QED) is 0.464. The molecule has 1 aliphatic heterocycles. The van der Waals surface area contributed by atoms with Crippen LogP contribution in [0.4, 0.5) is 16.2 Å². The van der Waals surface area contributed by atoms with Gasteiger partial charge in [-0.1, -0.05) is 12.1 Å². The summed E-state index contributed by atoms with van der Waals surface area (Å²) >= 11 is 0. The Morgan fingerprint density at radius 1 is 1.00 bits per heavy atom. The van der Waals surface area contributed by atoms with Crippen molar-refractivity contribution in [2.75, 3.05) is 36.4 Å². The Kier molecular flexibility index (Phi) is 6.28. The molecule has 146 valence electrons. The van der Waals surface area contributed by atoms with Crippen molar-refractivity contribution in [3.05, 3.63) is 41.5 Å². The number of nitrogens with zero attached hydrogens (tertiary/aromatic N) is 2. The fourth-order valence-corrected chi connectivity index (χ4v) is 3.11. The van der Waals surface area contributed by atoms with Gasteiger partial charge in [0.1, 0.15) is 0 Å². The first-order chi connectivity index (χ1) is 12.4. The molecule has 1 fully saturated rings. The van der Waals surface area contributed by atoms with Crippen molar-refractivity contribution in [3.8, 4) is 17.2 Å². The molecule has 1 saturated heterocycles. The first kappa shape index (κ1) is 20.5. The zero-order valence-electron chi connectivity index (χ0n) is 15.3. The van der Waals surface area contributed by atoms with E-state index in [0.717, 1.165) is 13.1 Å². The van der Waals surface area contributed by atoms with E-state index in [-0.39, 0.29) is 24.1 Å². The molecule has 27 heavy (non-hydrogen) atoms. The number of phenolic OH excluding ortho intramolecular Hbond substituents is 3. The van der Waals surface area contributed by atoms with E-state index in [0.29, 0.717) is 13.1 Å². The second-order valence-corrected chi connectivity index (χ2v) is 6.49. The fourth-order valence-electron chi connectivity index (χ4n) is 3.11. The van der Waals surface area contributed by atoms with E-state index in [1.54, 1.807) is 4.90 Å². The summed E-state index contributed by atoms with van der Waals surface area (Å²) in [5, 5.41) is 31.1. The Bertz CT molecular complexity index is 813. The summed E-state index contributed by atoms with van der Waals surface area (Å²) in [5.41, 5.74) is 3.91. The van der Waals surface area contributed by atoms with Crippen LogP contribution in [0.25, 0.3) is 0 Å². The maximum absolute atomic E-state index is 12.4. The first-order valence-corrected chi connectivity index (χ1v) is 8.49. The van der Waals surface area contributed by atoms with Crippen molar-refractivity contribution >= 4 is 29.8 Å². The molecule has 2 amide bonds. The molecule has 2 aromatic carbocycles. The Morgan fingerprint density at radius 2 is 1.59 bits per heavy atom. The SMILES string of the molecule is Cc1cccc(N2CCN(C(=O)Nc3cc(O)c(O)c(O)c3)CC2)c1C.Cl. The first-order valence-electron chi connectivity index (χ1n) is 8.49. The number of amides is 2. The summed E-state index contributed by atoms with van der Waals surface area (Å²) in [7, 11) is 0. The van der Waals surface area contributed by atoms with Crippen molar-refractivity contribution < 1.29 is 20.1 Å². The predicted molar refractivity (Wildman–Crippen MR) is 107 cm³/mol. The molecule has 0 saturated carbocycles. The highest BCUT2D eigenvalue weighted by Gasteiger charge is 2.23. The van der Waals surface area contributed by atoms with Gasteiger partial charge < -0.3 is 30.4 Å². The van der Waals surface area contributed by atoms with Crippen molar-refractivity contribution in [1.29, 1.82) is 0 Å². The van der Waals surface area contributed by atoms with Gasteiger partial charge in [-0.3, -0.25) is 0 Å². The number of phenols is 3. The molecule has 0 radical (unpaired) electrons. The van der Waals surface area contributed by atoms with Crippen molar-refractivity contribution in [3.63, 3.8) is 0 Å². The van der Waals surface area contributed by atoms with E-state index in [9.17, 15) is 20.1 Å². The number of rotatable bonds is 2. The highest BCUT2D eigenvalue weighted by atomic mass is 35.5. The topological polar surface area (TPSA) is 96.3 Å². The third kappa shape index (κ3) is 4.31. The molecule has 1 heterocycles. The molecule has 3 rings (SSSR count). The van der Waals surface area contributed by atoms with Crippen LogP contribution in [0.3, 0.4) is 0 Å². The summed E-state index contributed by atoms with van der Waals surface area (Å²) in [6.07, 6.45) is 0. The monoisotopic (exact) mass is 393 g/mol. The number of aryl methyl sites for hydroxylation is 1. The maximum atomic E-state index is 12.4. The maximum Gasteiger partial charge on any atom is 0.321 e. The third-order valence-corrected chi connectivity index (χ3v) is 4.80. The highest BCUT2D eigenvalue weighted by molar-refractivity contribution is 5.90. The number of benzene rings is 2. The van der Waals surface area contributed by atoms with Gasteiger partial charge in [-0.15, -0.1) is 12.4 Å². The normalized spacial score (nSPS) is 13.9. The standard InChI is InChI=1S/C19H23N3O4.ClH/c1-12-4-3-5-15(13(12)2)21-6-8-22(9-7-21)19(26)20-14-10-16(23)18(25)17(24)11-14;/h3-5,10-11,23-25H,6-9H2,1-2H3,(H,20,26);1H. The van der Waals surface area contributed by atoms with Crippen molar-refractivity contribution in [1.82, 2.24) is 4.90 Å². The molecule has 0 aliphatic carbocycles. The Morgan fingerprint density at radius 3 is 2.19 bits per heavy atom. The Labute approximate surface area is 164 Å². The number of piperazine rings is 1. The van der Waals surface area contributed by atoms with E-state index in [1.807, 2.05) is 6.07 Å². The van der Waals surface area contributed by atoms with Crippen LogP contribution in [0, 0.1) is 13.8 Å². The lowest BCUT2D eigenvalue weighted by atomic mass is 10.1. The summed E-state index contributed by atoms with van der Waals surface area (Å²) in [6, 6.07) is 8.31. The minimum Gasteiger partial charge on any atom is -0.504 e. The molecule has 0 unspecified atom stereocenters. The van der Waals surface area contributed by atoms with Crippen molar-refractivity contribution in [2.45, 2.75) is 13.8 Å². The largest absolute Gasteiger partial charge is 0.504 e. The van der Waals surface area contributed by atoms with Crippen LogP contribution in [0.15, 0.2) is 30.3 Å². The number of urea groups is 1. The van der Waals surface area contributed by atoms with E-state index in [4.69, 9.17) is 0 Å². The van der Waals surface area contributed by atoms with Gasteiger partial charge in [-0.2, -0.15) is 0 Å². The lowest BCUT2D eigenvalue weighted by Crippen LogP contribution is -2.50. The molecule has 4 N–H and O–H groups in total. The third-order valence-electron chi connectivity index (χ3n) is 4.80. The average molecular weight is 394 g/mol. The smallest absolute Gasteiger partial charge is 0.321 e. The molecule has 1 aliphatic rings. The molecule has 7 nitrogen and oxygen atoms in total. The number of hydrogen-bond acceptors (Lipinski definition) is 5. The van der Waals surface area contributed by atoms with E-state index >= 15 is 0 Å². The van der Waals surface area contributed by atoms with Crippen LogP contribution in [-0.2, 0) is 0 Å². The minimum absolute atomic E-state index is 0. The molecule has 8 heteroatoms. The van der Waals surface area contributed by atoms with E-state index in [1.165, 1.54) is 28.9 Å². The molecule has 0 atom stereocenters. The Balaban J connectivity index is 0.00000261. The lowest BCUT2D eigenvalue weighted by Gasteiger charge is -2.37. The van der Waals surface area contributed by atoms with Gasteiger partial charge in [0, 0.05) is 44.0 Å². The van der Waals surface area contributed by atoms with Crippen LogP contribution in [0.2, 0.25) is 0 Å². The number of hydrogen-bond donors (Lipinski definition) is 4. The predicted octanol–water partition coefficient (Wildman–Crippen LogP) is 3.20. The Hall–Kier alpha value is -2.80. The van der Waals surface area contributed by atoms with E-state index < -0.39 is 17.2 Å². The summed E-state index contributed by atoms with van der Waals surface area (Å²) in [4.78, 5) is 16.4. The number of anilines is 2. The molecule has 0 aromatic heterocycles. The fraction of sp³-hybridized carbons (Fsp3) is 0.316. The van der Waals surface area contributed by atoms with Gasteiger partial charge >= 0.3 is 6.03 Å². The zero-order valence-corrected chi connectivity index (χ0v) is 16.1. The van der Waals surface area contributed by atoms with Crippen LogP contribution in [-0.4, -0.2) is 52.4 Å². The molecule has 0 bridgehead atoms. The van der Waals surface area contributed by atoms with Gasteiger partial charge in [0.2, 0.25) is 0 Å². The van der Waals surface area contributed by atoms with E-state index in [2.05, 4.69) is 36.2 Å². The van der Waals surface area contributed by atoms with Gasteiger partial charge in [-0.05, 0) is 31.0 Å². The van der Waals surface area contributed by atoms with Gasteiger partial charge in [0.25, 0.3) is 0 Å². The highest BCUT2D eigenvalue weighted by Crippen LogP contribution is 2.37.